The van der Waals surface area contributed by atoms with Gasteiger partial charge >= 0.3 is 12.1 Å². The fraction of sp³-hybridized carbons (Fsp3) is 0.0909. The molecule has 4 nitrogen and oxygen atoms in total. The van der Waals surface area contributed by atoms with Crippen molar-refractivity contribution >= 4 is 16.7 Å². The largest absolute Gasteiger partial charge is 0.481 e. The molecule has 0 aliphatic rings. The van der Waals surface area contributed by atoms with Crippen LogP contribution in [0.2, 0.25) is 0 Å². The van der Waals surface area contributed by atoms with Gasteiger partial charge in [-0.15, -0.1) is 0 Å². The molecule has 4 rings (SSSR count). The molecular formula is C22H15F3N2O2. The van der Waals surface area contributed by atoms with Crippen LogP contribution in [0.4, 0.5) is 13.2 Å². The van der Waals surface area contributed by atoms with Crippen LogP contribution in [0.1, 0.15) is 11.1 Å². The van der Waals surface area contributed by atoms with Crippen LogP contribution in [-0.2, 0) is 17.4 Å². The van der Waals surface area contributed by atoms with E-state index >= 15 is 0 Å². The average molecular weight is 396 g/mol. The van der Waals surface area contributed by atoms with Gasteiger partial charge < -0.3 is 5.11 Å². The van der Waals surface area contributed by atoms with Gasteiger partial charge in [0.1, 0.15) is 0 Å². The quantitative estimate of drug-likeness (QED) is 0.507. The zero-order chi connectivity index (χ0) is 20.6. The normalized spacial score (nSPS) is 11.7. The number of hydrogen-bond acceptors (Lipinski definition) is 2. The number of hydrogen-bond donors (Lipinski definition) is 1. The summed E-state index contributed by atoms with van der Waals surface area (Å²) in [6.07, 6.45) is -3.30. The van der Waals surface area contributed by atoms with E-state index in [4.69, 9.17) is 0 Å². The highest BCUT2D eigenvalue weighted by Gasteiger charge is 2.30. The van der Waals surface area contributed by atoms with Crippen LogP contribution in [0, 0.1) is 0 Å². The zero-order valence-corrected chi connectivity index (χ0v) is 15.0. The van der Waals surface area contributed by atoms with E-state index in [9.17, 15) is 23.1 Å². The molecule has 29 heavy (non-hydrogen) atoms. The molecule has 0 aliphatic carbocycles. The molecule has 1 N–H and O–H groups in total. The molecule has 3 aromatic carbocycles. The molecule has 0 unspecified atom stereocenters. The lowest BCUT2D eigenvalue weighted by atomic mass is 10.0. The van der Waals surface area contributed by atoms with E-state index in [1.54, 1.807) is 0 Å². The van der Waals surface area contributed by atoms with E-state index in [-0.39, 0.29) is 12.1 Å². The number of carboxylic acid groups (broad SMARTS) is 1. The second kappa shape index (κ2) is 7.09. The number of nitrogens with zero attached hydrogens (tertiary/aromatic N) is 2. The Labute approximate surface area is 163 Å². The molecule has 0 bridgehead atoms. The Balaban J connectivity index is 1.84. The highest BCUT2D eigenvalue weighted by Crippen LogP contribution is 2.31. The summed E-state index contributed by atoms with van der Waals surface area (Å²) in [6.45, 7) is 0. The van der Waals surface area contributed by atoms with Gasteiger partial charge in [0.25, 0.3) is 0 Å². The average Bonchev–Trinajstić information content (AvgIpc) is 3.10. The van der Waals surface area contributed by atoms with Crippen LogP contribution in [-0.4, -0.2) is 20.9 Å². The van der Waals surface area contributed by atoms with Crippen molar-refractivity contribution in [2.75, 3.05) is 0 Å². The Bertz CT molecular complexity index is 1210. The molecule has 146 valence electrons. The van der Waals surface area contributed by atoms with Crippen molar-refractivity contribution in [2.24, 2.45) is 0 Å². The third-order valence-corrected chi connectivity index (χ3v) is 4.59. The monoisotopic (exact) mass is 396 g/mol. The van der Waals surface area contributed by atoms with Crippen LogP contribution < -0.4 is 0 Å². The molecule has 0 fully saturated rings. The van der Waals surface area contributed by atoms with Gasteiger partial charge in [-0.25, -0.2) is 4.68 Å². The number of halogens is 3. The highest BCUT2D eigenvalue weighted by molar-refractivity contribution is 5.87. The molecule has 0 spiro atoms. The predicted octanol–water partition coefficient (Wildman–Crippen LogP) is 5.34. The van der Waals surface area contributed by atoms with Crippen molar-refractivity contribution in [1.29, 1.82) is 0 Å². The van der Waals surface area contributed by atoms with E-state index in [0.717, 1.165) is 22.9 Å². The standard InChI is InChI=1S/C22H15F3N2O2/c23-22(24,25)18-6-3-7-19(12-18)27-13-17(11-20(28)29)21(26-27)16-9-8-14-4-1-2-5-15(14)10-16/h1-10,12-13H,11H2,(H,28,29). The van der Waals surface area contributed by atoms with E-state index in [2.05, 4.69) is 5.10 Å². The maximum Gasteiger partial charge on any atom is 0.416 e. The number of alkyl halides is 3. The topological polar surface area (TPSA) is 55.1 Å². The third-order valence-electron chi connectivity index (χ3n) is 4.59. The smallest absolute Gasteiger partial charge is 0.416 e. The summed E-state index contributed by atoms with van der Waals surface area (Å²) in [5.74, 6) is -1.05. The van der Waals surface area contributed by atoms with Gasteiger partial charge in [0.2, 0.25) is 0 Å². The Morgan fingerprint density at radius 1 is 0.966 bits per heavy atom. The summed E-state index contributed by atoms with van der Waals surface area (Å²) in [5.41, 5.74) is 0.961. The summed E-state index contributed by atoms with van der Waals surface area (Å²) in [4.78, 5) is 11.3. The minimum Gasteiger partial charge on any atom is -0.481 e. The lowest BCUT2D eigenvalue weighted by molar-refractivity contribution is -0.138. The number of fused-ring (bicyclic) bond motifs is 1. The maximum atomic E-state index is 13.0. The second-order valence-electron chi connectivity index (χ2n) is 6.63. The highest BCUT2D eigenvalue weighted by atomic mass is 19.4. The molecule has 1 aromatic heterocycles. The predicted molar refractivity (Wildman–Crippen MR) is 103 cm³/mol. The van der Waals surface area contributed by atoms with Crippen LogP contribution in [0.3, 0.4) is 0 Å². The number of carbonyl (C=O) groups is 1. The lowest BCUT2D eigenvalue weighted by Crippen LogP contribution is -2.06. The van der Waals surface area contributed by atoms with Gasteiger partial charge in [-0.1, -0.05) is 42.5 Å². The van der Waals surface area contributed by atoms with Crippen molar-refractivity contribution in [3.8, 4) is 16.9 Å². The van der Waals surface area contributed by atoms with E-state index in [0.29, 0.717) is 16.8 Å². The van der Waals surface area contributed by atoms with E-state index in [1.807, 2.05) is 42.5 Å². The van der Waals surface area contributed by atoms with Crippen LogP contribution in [0.15, 0.2) is 72.9 Å². The van der Waals surface area contributed by atoms with Crippen LogP contribution >= 0.6 is 0 Å². The summed E-state index contributed by atoms with van der Waals surface area (Å²) in [6, 6.07) is 18.1. The number of rotatable bonds is 4. The first-order valence-electron chi connectivity index (χ1n) is 8.78. The van der Waals surface area contributed by atoms with Crippen molar-refractivity contribution < 1.29 is 23.1 Å². The van der Waals surface area contributed by atoms with Gasteiger partial charge in [-0.2, -0.15) is 18.3 Å². The summed E-state index contributed by atoms with van der Waals surface area (Å²) in [7, 11) is 0. The Hall–Kier alpha value is -3.61. The second-order valence-corrected chi connectivity index (χ2v) is 6.63. The van der Waals surface area contributed by atoms with Crippen molar-refractivity contribution in [3.05, 3.63) is 84.1 Å². The van der Waals surface area contributed by atoms with Gasteiger partial charge in [0, 0.05) is 17.3 Å². The Morgan fingerprint density at radius 2 is 1.72 bits per heavy atom. The zero-order valence-electron chi connectivity index (χ0n) is 15.0. The van der Waals surface area contributed by atoms with Gasteiger partial charge in [-0.3, -0.25) is 4.79 Å². The summed E-state index contributed by atoms with van der Waals surface area (Å²) >= 11 is 0. The fourth-order valence-electron chi connectivity index (χ4n) is 3.24. The minimum atomic E-state index is -4.48. The van der Waals surface area contributed by atoms with E-state index in [1.165, 1.54) is 23.0 Å². The number of carboxylic acids is 1. The molecule has 7 heteroatoms. The third kappa shape index (κ3) is 3.85. The van der Waals surface area contributed by atoms with Gasteiger partial charge in [0.05, 0.1) is 23.4 Å². The summed E-state index contributed by atoms with van der Waals surface area (Å²) in [5, 5.41) is 15.7. The van der Waals surface area contributed by atoms with Crippen LogP contribution in [0.5, 0.6) is 0 Å². The number of aliphatic carboxylic acids is 1. The van der Waals surface area contributed by atoms with Crippen molar-refractivity contribution in [2.45, 2.75) is 12.6 Å². The number of aromatic nitrogens is 2. The summed E-state index contributed by atoms with van der Waals surface area (Å²) < 4.78 is 40.4. The molecule has 0 amide bonds. The van der Waals surface area contributed by atoms with Gasteiger partial charge in [-0.05, 0) is 35.0 Å². The van der Waals surface area contributed by atoms with Gasteiger partial charge in [0.15, 0.2) is 0 Å². The maximum absolute atomic E-state index is 13.0. The van der Waals surface area contributed by atoms with Crippen molar-refractivity contribution in [3.63, 3.8) is 0 Å². The Morgan fingerprint density at radius 3 is 2.45 bits per heavy atom. The fourth-order valence-corrected chi connectivity index (χ4v) is 3.24. The van der Waals surface area contributed by atoms with E-state index < -0.39 is 17.7 Å². The molecule has 0 aliphatic heterocycles. The first-order chi connectivity index (χ1) is 13.8. The van der Waals surface area contributed by atoms with Crippen LogP contribution in [0.25, 0.3) is 27.7 Å². The Kier molecular flexibility index (Phi) is 4.58. The molecule has 1 heterocycles. The van der Waals surface area contributed by atoms with Crippen molar-refractivity contribution in [1.82, 2.24) is 9.78 Å². The molecule has 0 saturated heterocycles. The first kappa shape index (κ1) is 18.7. The lowest BCUT2D eigenvalue weighted by Gasteiger charge is -2.08. The molecule has 0 saturated carbocycles. The minimum absolute atomic E-state index is 0.207. The number of benzene rings is 3. The first-order valence-corrected chi connectivity index (χ1v) is 8.78. The molecular weight excluding hydrogens is 381 g/mol. The molecule has 4 aromatic rings. The SMILES string of the molecule is O=C(O)Cc1cn(-c2cccc(C(F)(F)F)c2)nc1-c1ccc2ccccc2c1. The molecule has 0 atom stereocenters. The molecule has 0 radical (unpaired) electrons.